The minimum absolute atomic E-state index is 0.0357. The van der Waals surface area contributed by atoms with Crippen molar-refractivity contribution in [2.45, 2.75) is 19.9 Å². The summed E-state index contributed by atoms with van der Waals surface area (Å²) in [5.41, 5.74) is 3.63. The summed E-state index contributed by atoms with van der Waals surface area (Å²) in [6.45, 7) is 6.00. The van der Waals surface area contributed by atoms with Gasteiger partial charge in [0.15, 0.2) is 5.65 Å². The van der Waals surface area contributed by atoms with Crippen molar-refractivity contribution in [3.8, 4) is 22.5 Å². The fraction of sp³-hybridized carbons (Fsp3) is 0.333. The Hall–Kier alpha value is -3.72. The van der Waals surface area contributed by atoms with Crippen molar-refractivity contribution in [3.05, 3.63) is 55.1 Å². The maximum absolute atomic E-state index is 13.2. The van der Waals surface area contributed by atoms with Gasteiger partial charge in [-0.05, 0) is 17.5 Å². The zero-order valence-corrected chi connectivity index (χ0v) is 19.0. The van der Waals surface area contributed by atoms with Crippen molar-refractivity contribution in [2.24, 2.45) is 5.92 Å². The van der Waals surface area contributed by atoms with Gasteiger partial charge in [0.05, 0.1) is 18.8 Å². The number of aromatic amines is 1. The van der Waals surface area contributed by atoms with Crippen LogP contribution in [-0.4, -0.2) is 68.3 Å². The fourth-order valence-electron chi connectivity index (χ4n) is 4.27. The van der Waals surface area contributed by atoms with Gasteiger partial charge in [0, 0.05) is 49.9 Å². The van der Waals surface area contributed by atoms with E-state index in [9.17, 15) is 4.79 Å². The number of nitrogens with one attached hydrogen (secondary N) is 1. The van der Waals surface area contributed by atoms with Crippen LogP contribution in [0.25, 0.3) is 28.2 Å². The SMILES string of the molecule is COCCN1C[C@H](C(C)C)N(c2ccn3ncc(-c4ccc(-c5ncc[nH]5)cc4)c3n2)C1=O. The molecule has 0 unspecified atom stereocenters. The summed E-state index contributed by atoms with van der Waals surface area (Å²) in [6, 6.07) is 9.98. The van der Waals surface area contributed by atoms with Crippen LogP contribution in [0.2, 0.25) is 0 Å². The molecule has 1 saturated heterocycles. The number of urea groups is 1. The second-order valence-corrected chi connectivity index (χ2v) is 8.53. The molecule has 1 fully saturated rings. The van der Waals surface area contributed by atoms with Crippen molar-refractivity contribution < 1.29 is 9.53 Å². The molecule has 33 heavy (non-hydrogen) atoms. The quantitative estimate of drug-likeness (QED) is 0.468. The molecule has 1 aromatic carbocycles. The molecular weight excluding hydrogens is 418 g/mol. The predicted molar refractivity (Wildman–Crippen MR) is 126 cm³/mol. The number of aromatic nitrogens is 5. The Bertz CT molecular complexity index is 1250. The van der Waals surface area contributed by atoms with Crippen LogP contribution in [0.15, 0.2) is 55.1 Å². The number of fused-ring (bicyclic) bond motifs is 1. The summed E-state index contributed by atoms with van der Waals surface area (Å²) in [4.78, 5) is 29.2. The molecule has 1 aliphatic heterocycles. The van der Waals surface area contributed by atoms with Crippen molar-refractivity contribution in [2.75, 3.05) is 31.7 Å². The highest BCUT2D eigenvalue weighted by molar-refractivity contribution is 5.94. The molecule has 4 heterocycles. The first-order chi connectivity index (χ1) is 16.1. The first-order valence-corrected chi connectivity index (χ1v) is 11.1. The third-order valence-electron chi connectivity index (χ3n) is 6.12. The number of benzene rings is 1. The lowest BCUT2D eigenvalue weighted by Crippen LogP contribution is -2.38. The van der Waals surface area contributed by atoms with Crippen molar-refractivity contribution in [1.82, 2.24) is 29.5 Å². The molecule has 2 amide bonds. The van der Waals surface area contributed by atoms with Gasteiger partial charge >= 0.3 is 6.03 Å². The first-order valence-electron chi connectivity index (χ1n) is 11.1. The van der Waals surface area contributed by atoms with Gasteiger partial charge in [0.2, 0.25) is 0 Å². The van der Waals surface area contributed by atoms with Crippen LogP contribution in [0.3, 0.4) is 0 Å². The molecule has 9 heteroatoms. The third-order valence-corrected chi connectivity index (χ3v) is 6.12. The van der Waals surface area contributed by atoms with E-state index in [4.69, 9.17) is 9.72 Å². The van der Waals surface area contributed by atoms with E-state index in [1.54, 1.807) is 24.0 Å². The molecule has 0 radical (unpaired) electrons. The minimum Gasteiger partial charge on any atom is -0.383 e. The summed E-state index contributed by atoms with van der Waals surface area (Å²) < 4.78 is 6.93. The predicted octanol–water partition coefficient (Wildman–Crippen LogP) is 3.70. The Morgan fingerprint density at radius 3 is 2.67 bits per heavy atom. The number of carbonyl (C=O) groups excluding carboxylic acids is 1. The Balaban J connectivity index is 1.49. The van der Waals surface area contributed by atoms with E-state index in [1.165, 1.54) is 0 Å². The van der Waals surface area contributed by atoms with Crippen LogP contribution in [0.1, 0.15) is 13.8 Å². The fourth-order valence-corrected chi connectivity index (χ4v) is 4.27. The van der Waals surface area contributed by atoms with E-state index in [1.807, 2.05) is 52.5 Å². The highest BCUT2D eigenvalue weighted by atomic mass is 16.5. The van der Waals surface area contributed by atoms with Crippen molar-refractivity contribution >= 4 is 17.5 Å². The molecular formula is C24H27N7O2. The van der Waals surface area contributed by atoms with E-state index in [-0.39, 0.29) is 18.0 Å². The van der Waals surface area contributed by atoms with Crippen molar-refractivity contribution in [1.29, 1.82) is 0 Å². The average molecular weight is 446 g/mol. The molecule has 9 nitrogen and oxygen atoms in total. The van der Waals surface area contributed by atoms with Gasteiger partial charge in [-0.2, -0.15) is 5.10 Å². The van der Waals surface area contributed by atoms with Gasteiger partial charge in [-0.3, -0.25) is 4.90 Å². The van der Waals surface area contributed by atoms with Gasteiger partial charge in [-0.1, -0.05) is 38.1 Å². The van der Waals surface area contributed by atoms with E-state index in [0.717, 1.165) is 22.5 Å². The van der Waals surface area contributed by atoms with Gasteiger partial charge in [0.25, 0.3) is 0 Å². The second-order valence-electron chi connectivity index (χ2n) is 8.53. The van der Waals surface area contributed by atoms with E-state index >= 15 is 0 Å². The number of hydrogen-bond donors (Lipinski definition) is 1. The minimum atomic E-state index is -0.0357. The Morgan fingerprint density at radius 1 is 1.18 bits per heavy atom. The molecule has 0 saturated carbocycles. The van der Waals surface area contributed by atoms with Crippen LogP contribution in [-0.2, 0) is 4.74 Å². The number of imidazole rings is 1. The van der Waals surface area contributed by atoms with E-state index in [2.05, 4.69) is 28.9 Å². The Morgan fingerprint density at radius 2 is 1.97 bits per heavy atom. The number of carbonyl (C=O) groups is 1. The molecule has 1 N–H and O–H groups in total. The molecule has 0 bridgehead atoms. The third kappa shape index (κ3) is 3.84. The smallest absolute Gasteiger partial charge is 0.326 e. The highest BCUT2D eigenvalue weighted by Gasteiger charge is 2.40. The maximum atomic E-state index is 13.2. The summed E-state index contributed by atoms with van der Waals surface area (Å²) in [6.07, 6.45) is 7.21. The number of methoxy groups -OCH3 is 1. The molecule has 5 rings (SSSR count). The van der Waals surface area contributed by atoms with E-state index in [0.29, 0.717) is 31.2 Å². The number of amides is 2. The van der Waals surface area contributed by atoms with Crippen molar-refractivity contribution in [3.63, 3.8) is 0 Å². The molecule has 1 aliphatic rings. The van der Waals surface area contributed by atoms with Gasteiger partial charge in [0.1, 0.15) is 11.6 Å². The van der Waals surface area contributed by atoms with Crippen LogP contribution >= 0.6 is 0 Å². The van der Waals surface area contributed by atoms with E-state index < -0.39 is 0 Å². The van der Waals surface area contributed by atoms with Gasteiger partial charge < -0.3 is 14.6 Å². The molecule has 1 atom stereocenters. The number of hydrogen-bond acceptors (Lipinski definition) is 5. The number of H-pyrrole nitrogens is 1. The normalized spacial score (nSPS) is 16.5. The Kier molecular flexibility index (Phi) is 5.55. The number of ether oxygens (including phenoxy) is 1. The van der Waals surface area contributed by atoms with Crippen LogP contribution in [0, 0.1) is 5.92 Å². The van der Waals surface area contributed by atoms with Gasteiger partial charge in [-0.15, -0.1) is 0 Å². The number of anilines is 1. The zero-order valence-electron chi connectivity index (χ0n) is 19.0. The topological polar surface area (TPSA) is 91.7 Å². The van der Waals surface area contributed by atoms with Crippen LogP contribution in [0.5, 0.6) is 0 Å². The lowest BCUT2D eigenvalue weighted by molar-refractivity contribution is 0.161. The molecule has 3 aromatic heterocycles. The number of rotatable bonds is 7. The van der Waals surface area contributed by atoms with Crippen LogP contribution < -0.4 is 4.90 Å². The summed E-state index contributed by atoms with van der Waals surface area (Å²) in [5, 5.41) is 4.47. The lowest BCUT2D eigenvalue weighted by Gasteiger charge is -2.25. The summed E-state index contributed by atoms with van der Waals surface area (Å²) >= 11 is 0. The summed E-state index contributed by atoms with van der Waals surface area (Å²) in [7, 11) is 1.65. The lowest BCUT2D eigenvalue weighted by atomic mass is 10.0. The largest absolute Gasteiger partial charge is 0.383 e. The van der Waals surface area contributed by atoms with Gasteiger partial charge in [-0.25, -0.2) is 19.3 Å². The number of nitrogens with zero attached hydrogens (tertiary/aromatic N) is 6. The average Bonchev–Trinajstić information content (AvgIpc) is 3.56. The summed E-state index contributed by atoms with van der Waals surface area (Å²) in [5.74, 6) is 1.75. The highest BCUT2D eigenvalue weighted by Crippen LogP contribution is 2.30. The maximum Gasteiger partial charge on any atom is 0.326 e. The monoisotopic (exact) mass is 445 g/mol. The molecule has 4 aromatic rings. The Labute approximate surface area is 192 Å². The standard InChI is InChI=1S/C24H27N7O2/c1-16(2)20-15-29(12-13-33-3)24(32)31(20)21-8-11-30-23(28-21)19(14-27-30)17-4-6-18(7-5-17)22-25-9-10-26-22/h4-11,14,16,20H,12-13,15H2,1-3H3,(H,25,26)/t20-/m1/s1. The molecule has 0 aliphatic carbocycles. The molecule has 0 spiro atoms. The molecule has 170 valence electrons. The van der Waals surface area contributed by atoms with Crippen LogP contribution in [0.4, 0.5) is 10.6 Å². The first kappa shape index (κ1) is 21.1. The second kappa shape index (κ2) is 8.67. The zero-order chi connectivity index (χ0) is 22.9.